The molecule has 2 heterocycles. The summed E-state index contributed by atoms with van der Waals surface area (Å²) in [5, 5.41) is 0. The summed E-state index contributed by atoms with van der Waals surface area (Å²) in [5.74, 6) is -0.290. The van der Waals surface area contributed by atoms with Crippen LogP contribution >= 0.6 is 0 Å². The summed E-state index contributed by atoms with van der Waals surface area (Å²) >= 11 is 0. The van der Waals surface area contributed by atoms with Crippen molar-refractivity contribution in [2.75, 3.05) is 18.0 Å². The van der Waals surface area contributed by atoms with E-state index in [4.69, 9.17) is 9.57 Å². The summed E-state index contributed by atoms with van der Waals surface area (Å²) in [5.41, 5.74) is 4.74. The molecule has 8 nitrogen and oxygen atoms in total. The SMILES string of the molecule is CCCC(=O)ONC(=O)c1nc(CC2CCN(c3ccc(F)cc3)CC2)nc(C)c1OCc1ccccc1. The highest BCUT2D eigenvalue weighted by atomic mass is 19.1. The van der Waals surface area contributed by atoms with Crippen LogP contribution in [0.15, 0.2) is 54.6 Å². The highest BCUT2D eigenvalue weighted by molar-refractivity contribution is 5.95. The minimum absolute atomic E-state index is 0.0384. The highest BCUT2D eigenvalue weighted by Crippen LogP contribution is 2.27. The summed E-state index contributed by atoms with van der Waals surface area (Å²) < 4.78 is 19.3. The number of anilines is 1. The quantitative estimate of drug-likeness (QED) is 0.399. The number of nitrogens with one attached hydrogen (secondary N) is 1. The topological polar surface area (TPSA) is 93.6 Å². The minimum Gasteiger partial charge on any atom is -0.485 e. The van der Waals surface area contributed by atoms with Crippen LogP contribution in [0.3, 0.4) is 0 Å². The second kappa shape index (κ2) is 13.0. The Balaban J connectivity index is 1.47. The van der Waals surface area contributed by atoms with Gasteiger partial charge in [-0.05, 0) is 61.9 Å². The fraction of sp³-hybridized carbons (Fsp3) is 0.379. The molecular formula is C29H33FN4O4. The fourth-order valence-corrected chi connectivity index (χ4v) is 4.48. The summed E-state index contributed by atoms with van der Waals surface area (Å²) in [7, 11) is 0. The maximum atomic E-state index is 13.3. The van der Waals surface area contributed by atoms with Crippen LogP contribution < -0.4 is 15.1 Å². The third kappa shape index (κ3) is 7.27. The van der Waals surface area contributed by atoms with E-state index < -0.39 is 11.9 Å². The van der Waals surface area contributed by atoms with Gasteiger partial charge in [-0.3, -0.25) is 4.79 Å². The van der Waals surface area contributed by atoms with Gasteiger partial charge in [0.05, 0.1) is 5.69 Å². The third-order valence-corrected chi connectivity index (χ3v) is 6.51. The van der Waals surface area contributed by atoms with Crippen molar-refractivity contribution in [3.8, 4) is 5.75 Å². The lowest BCUT2D eigenvalue weighted by molar-refractivity contribution is -0.149. The standard InChI is InChI=1S/C29H33FN4O4/c1-3-7-26(35)38-33-29(36)27-28(37-19-22-8-5-4-6-9-22)20(2)31-25(32-27)18-21-14-16-34(17-15-21)24-12-10-23(30)11-13-24/h4-6,8-13,21H,3,7,14-19H2,1-2H3,(H,33,36). The van der Waals surface area contributed by atoms with Crippen LogP contribution in [0.1, 0.15) is 60.2 Å². The second-order valence-corrected chi connectivity index (χ2v) is 9.44. The lowest BCUT2D eigenvalue weighted by Crippen LogP contribution is -2.34. The molecule has 1 fully saturated rings. The second-order valence-electron chi connectivity index (χ2n) is 9.44. The molecule has 1 N–H and O–H groups in total. The number of nitrogens with zero attached hydrogens (tertiary/aromatic N) is 3. The largest absolute Gasteiger partial charge is 0.485 e. The van der Waals surface area contributed by atoms with Crippen molar-refractivity contribution < 1.29 is 23.6 Å². The predicted octanol–water partition coefficient (Wildman–Crippen LogP) is 4.95. The molecular weight excluding hydrogens is 487 g/mol. The molecule has 0 bridgehead atoms. The molecule has 0 radical (unpaired) electrons. The van der Waals surface area contributed by atoms with Gasteiger partial charge in [0, 0.05) is 31.6 Å². The van der Waals surface area contributed by atoms with Gasteiger partial charge in [0.25, 0.3) is 0 Å². The molecule has 1 aliphatic heterocycles. The van der Waals surface area contributed by atoms with Gasteiger partial charge in [-0.1, -0.05) is 37.3 Å². The average Bonchev–Trinajstić information content (AvgIpc) is 2.92. The molecule has 2 aromatic carbocycles. The van der Waals surface area contributed by atoms with Gasteiger partial charge in [0.15, 0.2) is 11.4 Å². The van der Waals surface area contributed by atoms with Crippen LogP contribution in [0, 0.1) is 18.7 Å². The van der Waals surface area contributed by atoms with Crippen LogP contribution in [0.25, 0.3) is 0 Å². The summed E-state index contributed by atoms with van der Waals surface area (Å²) in [4.78, 5) is 41.2. The molecule has 200 valence electrons. The maximum absolute atomic E-state index is 13.3. The van der Waals surface area contributed by atoms with Crippen LogP contribution in [-0.2, 0) is 22.7 Å². The number of carbonyl (C=O) groups is 2. The Labute approximate surface area is 222 Å². The van der Waals surface area contributed by atoms with Gasteiger partial charge in [0.2, 0.25) is 0 Å². The summed E-state index contributed by atoms with van der Waals surface area (Å²) in [6.45, 7) is 5.55. The average molecular weight is 521 g/mol. The van der Waals surface area contributed by atoms with Crippen molar-refractivity contribution in [1.82, 2.24) is 15.4 Å². The number of hydrogen-bond donors (Lipinski definition) is 1. The number of rotatable bonds is 9. The normalized spacial score (nSPS) is 13.7. The number of carbonyl (C=O) groups excluding carboxylic acids is 2. The molecule has 1 saturated heterocycles. The Hall–Kier alpha value is -4.01. The molecule has 0 unspecified atom stereocenters. The van der Waals surface area contributed by atoms with Crippen LogP contribution in [0.4, 0.5) is 10.1 Å². The fourth-order valence-electron chi connectivity index (χ4n) is 4.48. The Morgan fingerprint density at radius 3 is 2.45 bits per heavy atom. The van der Waals surface area contributed by atoms with Gasteiger partial charge in [0.1, 0.15) is 18.2 Å². The third-order valence-electron chi connectivity index (χ3n) is 6.51. The predicted molar refractivity (Wildman–Crippen MR) is 141 cm³/mol. The number of hydroxylamine groups is 1. The smallest absolute Gasteiger partial charge is 0.332 e. The molecule has 1 aliphatic rings. The lowest BCUT2D eigenvalue weighted by Gasteiger charge is -2.33. The van der Waals surface area contributed by atoms with E-state index in [1.54, 1.807) is 19.1 Å². The van der Waals surface area contributed by atoms with Gasteiger partial charge in [-0.25, -0.2) is 19.2 Å². The first kappa shape index (κ1) is 27.0. The molecule has 9 heteroatoms. The van der Waals surface area contributed by atoms with Crippen molar-refractivity contribution in [2.24, 2.45) is 5.92 Å². The van der Waals surface area contributed by atoms with Crippen LogP contribution in [-0.4, -0.2) is 34.9 Å². The molecule has 0 aliphatic carbocycles. The summed E-state index contributed by atoms with van der Waals surface area (Å²) in [6.07, 6.45) is 3.25. The van der Waals surface area contributed by atoms with E-state index in [1.807, 2.05) is 37.3 Å². The zero-order valence-corrected chi connectivity index (χ0v) is 21.8. The van der Waals surface area contributed by atoms with Crippen molar-refractivity contribution in [3.63, 3.8) is 0 Å². The Morgan fingerprint density at radius 2 is 1.76 bits per heavy atom. The van der Waals surface area contributed by atoms with E-state index in [-0.39, 0.29) is 30.3 Å². The van der Waals surface area contributed by atoms with E-state index in [1.165, 1.54) is 12.1 Å². The van der Waals surface area contributed by atoms with E-state index >= 15 is 0 Å². The number of benzene rings is 2. The monoisotopic (exact) mass is 520 g/mol. The number of aryl methyl sites for hydroxylation is 1. The maximum Gasteiger partial charge on any atom is 0.332 e. The first-order chi connectivity index (χ1) is 18.4. The van der Waals surface area contributed by atoms with Gasteiger partial charge in [-0.15, -0.1) is 0 Å². The number of amides is 1. The molecule has 4 rings (SSSR count). The Morgan fingerprint density at radius 1 is 1.05 bits per heavy atom. The molecule has 0 atom stereocenters. The number of ether oxygens (including phenoxy) is 1. The zero-order valence-electron chi connectivity index (χ0n) is 21.8. The van der Waals surface area contributed by atoms with E-state index in [2.05, 4.69) is 20.3 Å². The van der Waals surface area contributed by atoms with Crippen LogP contribution in [0.5, 0.6) is 5.75 Å². The van der Waals surface area contributed by atoms with Crippen molar-refractivity contribution in [2.45, 2.75) is 52.6 Å². The molecule has 38 heavy (non-hydrogen) atoms. The summed E-state index contributed by atoms with van der Waals surface area (Å²) in [6, 6.07) is 16.1. The van der Waals surface area contributed by atoms with Crippen molar-refractivity contribution in [3.05, 3.63) is 83.2 Å². The Bertz CT molecular complexity index is 1230. The minimum atomic E-state index is -0.657. The molecule has 0 spiro atoms. The van der Waals surface area contributed by atoms with Gasteiger partial charge in [-0.2, -0.15) is 5.48 Å². The van der Waals surface area contributed by atoms with Crippen LogP contribution in [0.2, 0.25) is 0 Å². The number of hydrogen-bond acceptors (Lipinski definition) is 7. The number of aromatic nitrogens is 2. The first-order valence-corrected chi connectivity index (χ1v) is 13.0. The zero-order chi connectivity index (χ0) is 26.9. The number of halogens is 1. The van der Waals surface area contributed by atoms with Gasteiger partial charge >= 0.3 is 11.9 Å². The first-order valence-electron chi connectivity index (χ1n) is 13.0. The highest BCUT2D eigenvalue weighted by Gasteiger charge is 2.25. The molecule has 1 amide bonds. The molecule has 1 aromatic heterocycles. The van der Waals surface area contributed by atoms with E-state index in [9.17, 15) is 14.0 Å². The van der Waals surface area contributed by atoms with E-state index in [0.717, 1.165) is 37.2 Å². The lowest BCUT2D eigenvalue weighted by atomic mass is 9.93. The van der Waals surface area contributed by atoms with Crippen molar-refractivity contribution in [1.29, 1.82) is 0 Å². The van der Waals surface area contributed by atoms with E-state index in [0.29, 0.717) is 30.3 Å². The van der Waals surface area contributed by atoms with Crippen molar-refractivity contribution >= 4 is 17.6 Å². The Kier molecular flexibility index (Phi) is 9.24. The molecule has 3 aromatic rings. The molecule has 0 saturated carbocycles. The van der Waals surface area contributed by atoms with Gasteiger partial charge < -0.3 is 14.5 Å². The number of piperidine rings is 1.